The van der Waals surface area contributed by atoms with Crippen molar-refractivity contribution >= 4 is 29.4 Å². The Morgan fingerprint density at radius 1 is 1.26 bits per heavy atom. The molecule has 1 aromatic carbocycles. The van der Waals surface area contributed by atoms with E-state index in [0.717, 1.165) is 33.9 Å². The number of aromatic nitrogens is 5. The van der Waals surface area contributed by atoms with Crippen LogP contribution < -0.4 is 5.32 Å². The minimum absolute atomic E-state index is 0.188. The number of hydrogen-bond acceptors (Lipinski definition) is 6. The number of nitrogens with one attached hydrogen (secondary N) is 1. The highest BCUT2D eigenvalue weighted by molar-refractivity contribution is 6.30. The molecule has 174 valence electrons. The third-order valence-electron chi connectivity index (χ3n) is 6.05. The molecular weight excluding hydrogens is 454 g/mol. The number of carbonyl (C=O) groups excluding carboxylic acids is 1. The monoisotopic (exact) mass is 477 g/mol. The minimum atomic E-state index is -0.472. The molecule has 0 radical (unpaired) electrons. The number of rotatable bonds is 6. The SMILES string of the molecule is Cc1cnc(Nc2ccnn2C)nc1-c1cc2n(c1)C(=O)N([C@H](CO)c1cccc(Cl)c1)CC2. The summed E-state index contributed by atoms with van der Waals surface area (Å²) in [5, 5.41) is 18.0. The predicted molar refractivity (Wildman–Crippen MR) is 129 cm³/mol. The smallest absolute Gasteiger partial charge is 0.328 e. The number of aliphatic hydroxyl groups is 1. The first-order chi connectivity index (χ1) is 16.4. The van der Waals surface area contributed by atoms with Crippen LogP contribution in [0.2, 0.25) is 5.02 Å². The summed E-state index contributed by atoms with van der Waals surface area (Å²) >= 11 is 6.14. The molecule has 1 atom stereocenters. The number of carbonyl (C=O) groups is 1. The first kappa shape index (κ1) is 22.1. The number of fused-ring (bicyclic) bond motifs is 1. The van der Waals surface area contributed by atoms with Gasteiger partial charge in [-0.2, -0.15) is 5.10 Å². The van der Waals surface area contributed by atoms with E-state index in [1.807, 2.05) is 38.2 Å². The summed E-state index contributed by atoms with van der Waals surface area (Å²) in [5.41, 5.74) is 4.18. The second-order valence-corrected chi connectivity index (χ2v) is 8.70. The lowest BCUT2D eigenvalue weighted by molar-refractivity contribution is 0.128. The summed E-state index contributed by atoms with van der Waals surface area (Å²) in [7, 11) is 1.83. The molecular formula is C24H24ClN7O2. The molecule has 0 fully saturated rings. The fourth-order valence-electron chi connectivity index (χ4n) is 4.27. The normalized spacial score (nSPS) is 14.2. The highest BCUT2D eigenvalue weighted by Crippen LogP contribution is 2.31. The van der Waals surface area contributed by atoms with Gasteiger partial charge in [0.15, 0.2) is 0 Å². The Morgan fingerprint density at radius 3 is 2.85 bits per heavy atom. The molecule has 4 heterocycles. The van der Waals surface area contributed by atoms with Crippen LogP contribution in [-0.4, -0.2) is 53.5 Å². The van der Waals surface area contributed by atoms with Gasteiger partial charge in [0.1, 0.15) is 5.82 Å². The maximum Gasteiger partial charge on any atom is 0.328 e. The molecule has 1 amide bonds. The van der Waals surface area contributed by atoms with Crippen LogP contribution in [0.1, 0.15) is 22.9 Å². The summed E-state index contributed by atoms with van der Waals surface area (Å²) in [4.78, 5) is 24.2. The van der Waals surface area contributed by atoms with Crippen molar-refractivity contribution in [2.45, 2.75) is 19.4 Å². The third-order valence-corrected chi connectivity index (χ3v) is 6.28. The standard InChI is InChI=1S/C24H24ClN7O2/c1-15-12-26-23(28-21-6-8-27-30(21)2)29-22(15)17-11-19-7-9-31(24(34)32(19)13-17)20(14-33)16-4-3-5-18(25)10-16/h3-6,8,10-13,20,33H,7,9,14H2,1-2H3,(H,26,28,29)/t20-/m1/s1. The van der Waals surface area contributed by atoms with Crippen molar-refractivity contribution in [2.24, 2.45) is 7.05 Å². The van der Waals surface area contributed by atoms with Crippen molar-refractivity contribution in [1.82, 2.24) is 29.2 Å². The lowest BCUT2D eigenvalue weighted by Gasteiger charge is -2.34. The lowest BCUT2D eigenvalue weighted by Crippen LogP contribution is -2.44. The molecule has 0 unspecified atom stereocenters. The fraction of sp³-hybridized carbons (Fsp3) is 0.250. The highest BCUT2D eigenvalue weighted by atomic mass is 35.5. The van der Waals surface area contributed by atoms with Crippen LogP contribution >= 0.6 is 11.6 Å². The van der Waals surface area contributed by atoms with E-state index in [1.165, 1.54) is 0 Å². The van der Waals surface area contributed by atoms with E-state index >= 15 is 0 Å². The third kappa shape index (κ3) is 4.04. The molecule has 3 aromatic heterocycles. The zero-order valence-corrected chi connectivity index (χ0v) is 19.6. The summed E-state index contributed by atoms with van der Waals surface area (Å²) in [6.45, 7) is 2.24. The van der Waals surface area contributed by atoms with Crippen LogP contribution in [0.5, 0.6) is 0 Å². The molecule has 9 nitrogen and oxygen atoms in total. The van der Waals surface area contributed by atoms with E-state index in [4.69, 9.17) is 16.6 Å². The summed E-state index contributed by atoms with van der Waals surface area (Å²) < 4.78 is 3.34. The maximum absolute atomic E-state index is 13.4. The molecule has 1 aliphatic heterocycles. The molecule has 0 bridgehead atoms. The number of hydrogen-bond donors (Lipinski definition) is 2. The van der Waals surface area contributed by atoms with Gasteiger partial charge in [-0.25, -0.2) is 14.8 Å². The van der Waals surface area contributed by atoms with E-state index in [2.05, 4.69) is 15.4 Å². The van der Waals surface area contributed by atoms with E-state index < -0.39 is 6.04 Å². The fourth-order valence-corrected chi connectivity index (χ4v) is 4.47. The number of halogens is 1. The van der Waals surface area contributed by atoms with Gasteiger partial charge >= 0.3 is 6.03 Å². The molecule has 2 N–H and O–H groups in total. The number of anilines is 2. The zero-order chi connectivity index (χ0) is 23.8. The van der Waals surface area contributed by atoms with Gasteiger partial charge in [0.05, 0.1) is 24.5 Å². The second kappa shape index (κ2) is 8.92. The van der Waals surface area contributed by atoms with Gasteiger partial charge in [-0.1, -0.05) is 23.7 Å². The van der Waals surface area contributed by atoms with Crippen LogP contribution in [0.25, 0.3) is 11.3 Å². The minimum Gasteiger partial charge on any atom is -0.394 e. The van der Waals surface area contributed by atoms with Crippen molar-refractivity contribution in [1.29, 1.82) is 0 Å². The van der Waals surface area contributed by atoms with Gasteiger partial charge < -0.3 is 15.3 Å². The van der Waals surface area contributed by atoms with Crippen LogP contribution in [-0.2, 0) is 13.5 Å². The van der Waals surface area contributed by atoms with Crippen molar-refractivity contribution in [3.63, 3.8) is 0 Å². The number of aryl methyl sites for hydroxylation is 2. The molecule has 0 spiro atoms. The average molecular weight is 478 g/mol. The van der Waals surface area contributed by atoms with Gasteiger partial charge in [-0.05, 0) is 36.2 Å². The topological polar surface area (TPSA) is 101 Å². The van der Waals surface area contributed by atoms with E-state index in [-0.39, 0.29) is 12.6 Å². The van der Waals surface area contributed by atoms with Crippen molar-refractivity contribution in [3.05, 3.63) is 76.8 Å². The first-order valence-corrected chi connectivity index (χ1v) is 11.3. The zero-order valence-electron chi connectivity index (χ0n) is 18.8. The summed E-state index contributed by atoms with van der Waals surface area (Å²) in [6, 6.07) is 10.4. The molecule has 0 saturated carbocycles. The molecule has 0 saturated heterocycles. The number of nitrogens with zero attached hydrogens (tertiary/aromatic N) is 6. The van der Waals surface area contributed by atoms with Crippen LogP contribution in [0, 0.1) is 6.92 Å². The van der Waals surface area contributed by atoms with Crippen molar-refractivity contribution < 1.29 is 9.90 Å². The predicted octanol–water partition coefficient (Wildman–Crippen LogP) is 3.94. The van der Waals surface area contributed by atoms with Crippen molar-refractivity contribution in [3.8, 4) is 11.3 Å². The van der Waals surface area contributed by atoms with Crippen LogP contribution in [0.3, 0.4) is 0 Å². The first-order valence-electron chi connectivity index (χ1n) is 10.9. The lowest BCUT2D eigenvalue weighted by atomic mass is 10.0. The molecule has 10 heteroatoms. The molecule has 1 aliphatic rings. The number of amides is 1. The summed E-state index contributed by atoms with van der Waals surface area (Å²) in [5.74, 6) is 1.22. The Balaban J connectivity index is 1.45. The largest absolute Gasteiger partial charge is 0.394 e. The molecule has 5 rings (SSSR count). The van der Waals surface area contributed by atoms with Gasteiger partial charge in [0, 0.05) is 54.8 Å². The molecule has 4 aromatic rings. The number of aliphatic hydroxyl groups excluding tert-OH is 1. The quantitative estimate of drug-likeness (QED) is 0.436. The molecule has 0 aliphatic carbocycles. The van der Waals surface area contributed by atoms with Gasteiger partial charge in [-0.15, -0.1) is 0 Å². The Bertz CT molecular complexity index is 1360. The Kier molecular flexibility index (Phi) is 5.80. The second-order valence-electron chi connectivity index (χ2n) is 8.26. The van der Waals surface area contributed by atoms with Gasteiger partial charge in [0.2, 0.25) is 5.95 Å². The van der Waals surface area contributed by atoms with Gasteiger partial charge in [0.25, 0.3) is 0 Å². The van der Waals surface area contributed by atoms with E-state index in [9.17, 15) is 9.90 Å². The highest BCUT2D eigenvalue weighted by Gasteiger charge is 2.31. The Hall–Kier alpha value is -3.69. The van der Waals surface area contributed by atoms with Crippen LogP contribution in [0.15, 0.2) is 55.0 Å². The maximum atomic E-state index is 13.4. The van der Waals surface area contributed by atoms with Gasteiger partial charge in [-0.3, -0.25) is 9.25 Å². The van der Waals surface area contributed by atoms with E-state index in [1.54, 1.807) is 44.9 Å². The average Bonchev–Trinajstić information content (AvgIpc) is 3.44. The summed E-state index contributed by atoms with van der Waals surface area (Å²) in [6.07, 6.45) is 5.92. The number of benzene rings is 1. The van der Waals surface area contributed by atoms with E-state index in [0.29, 0.717) is 23.9 Å². The Labute approximate surface area is 201 Å². The Morgan fingerprint density at radius 2 is 2.12 bits per heavy atom. The van der Waals surface area contributed by atoms with Crippen LogP contribution in [0.4, 0.5) is 16.6 Å². The van der Waals surface area contributed by atoms with Crippen molar-refractivity contribution in [2.75, 3.05) is 18.5 Å². The molecule has 34 heavy (non-hydrogen) atoms.